The number of hydrogen-bond donors (Lipinski definition) is 1. The van der Waals surface area contributed by atoms with Crippen LogP contribution in [0.3, 0.4) is 0 Å². The number of pyridine rings is 1. The molecule has 0 saturated carbocycles. The number of nitrogens with zero attached hydrogens (tertiary/aromatic N) is 2. The predicted molar refractivity (Wildman–Crippen MR) is 141 cm³/mol. The SMILES string of the molecule is CC(C)CCOc1ncccc1-c1[nH]c2ccccc2c1C1=CCN(Cc2ccccc2)CC1. The zero-order chi connectivity index (χ0) is 23.3. The van der Waals surface area contributed by atoms with E-state index in [9.17, 15) is 0 Å². The lowest BCUT2D eigenvalue weighted by Gasteiger charge is -2.27. The molecule has 1 aliphatic rings. The van der Waals surface area contributed by atoms with E-state index in [1.165, 1.54) is 22.1 Å². The van der Waals surface area contributed by atoms with Crippen LogP contribution in [0, 0.1) is 5.92 Å². The average molecular weight is 452 g/mol. The van der Waals surface area contributed by atoms with Gasteiger partial charge in [-0.3, -0.25) is 4.90 Å². The Labute approximate surface area is 202 Å². The van der Waals surface area contributed by atoms with Crippen LogP contribution in [-0.4, -0.2) is 34.6 Å². The Kier molecular flexibility index (Phi) is 6.77. The second kappa shape index (κ2) is 10.3. The molecule has 0 atom stereocenters. The number of hydrogen-bond acceptors (Lipinski definition) is 3. The van der Waals surface area contributed by atoms with Crippen molar-refractivity contribution in [1.29, 1.82) is 0 Å². The molecule has 4 heteroatoms. The number of rotatable bonds is 8. The van der Waals surface area contributed by atoms with Gasteiger partial charge in [-0.15, -0.1) is 0 Å². The molecule has 0 bridgehead atoms. The van der Waals surface area contributed by atoms with Crippen LogP contribution in [0.1, 0.15) is 37.8 Å². The number of nitrogens with one attached hydrogen (secondary N) is 1. The molecule has 0 amide bonds. The van der Waals surface area contributed by atoms with Crippen LogP contribution in [0.4, 0.5) is 0 Å². The van der Waals surface area contributed by atoms with Gasteiger partial charge >= 0.3 is 0 Å². The summed E-state index contributed by atoms with van der Waals surface area (Å²) in [5.41, 5.74) is 7.34. The summed E-state index contributed by atoms with van der Waals surface area (Å²) in [6, 6.07) is 23.4. The maximum absolute atomic E-state index is 6.17. The first kappa shape index (κ1) is 22.4. The molecule has 0 radical (unpaired) electrons. The van der Waals surface area contributed by atoms with Gasteiger partial charge in [-0.25, -0.2) is 4.98 Å². The average Bonchev–Trinajstić information content (AvgIpc) is 3.25. The molecule has 3 heterocycles. The van der Waals surface area contributed by atoms with Gasteiger partial charge in [0, 0.05) is 42.3 Å². The number of aromatic nitrogens is 2. The Morgan fingerprint density at radius 2 is 1.82 bits per heavy atom. The van der Waals surface area contributed by atoms with Gasteiger partial charge in [0.25, 0.3) is 0 Å². The number of H-pyrrole nitrogens is 1. The first-order chi connectivity index (χ1) is 16.7. The minimum atomic E-state index is 0.599. The zero-order valence-electron chi connectivity index (χ0n) is 20.1. The fourth-order valence-corrected chi connectivity index (χ4v) is 4.69. The van der Waals surface area contributed by atoms with Crippen LogP contribution in [-0.2, 0) is 6.54 Å². The molecule has 34 heavy (non-hydrogen) atoms. The van der Waals surface area contributed by atoms with Crippen molar-refractivity contribution in [1.82, 2.24) is 14.9 Å². The van der Waals surface area contributed by atoms with Crippen molar-refractivity contribution < 1.29 is 4.74 Å². The minimum Gasteiger partial charge on any atom is -0.477 e. The Morgan fingerprint density at radius 1 is 1.00 bits per heavy atom. The van der Waals surface area contributed by atoms with Crippen LogP contribution in [0.2, 0.25) is 0 Å². The van der Waals surface area contributed by atoms with Crippen molar-refractivity contribution >= 4 is 16.5 Å². The van der Waals surface area contributed by atoms with Gasteiger partial charge in [-0.2, -0.15) is 0 Å². The van der Waals surface area contributed by atoms with Gasteiger partial charge in [-0.05, 0) is 48.1 Å². The van der Waals surface area contributed by atoms with Gasteiger partial charge in [-0.1, -0.05) is 68.5 Å². The van der Waals surface area contributed by atoms with E-state index in [0.29, 0.717) is 18.4 Å². The van der Waals surface area contributed by atoms with Crippen molar-refractivity contribution in [3.05, 3.63) is 90.1 Å². The lowest BCUT2D eigenvalue weighted by molar-refractivity contribution is 0.280. The molecule has 1 N–H and O–H groups in total. The molecule has 4 nitrogen and oxygen atoms in total. The van der Waals surface area contributed by atoms with Gasteiger partial charge < -0.3 is 9.72 Å². The third-order valence-corrected chi connectivity index (χ3v) is 6.54. The molecule has 174 valence electrons. The summed E-state index contributed by atoms with van der Waals surface area (Å²) in [4.78, 5) is 10.8. The summed E-state index contributed by atoms with van der Waals surface area (Å²) in [6.45, 7) is 8.10. The van der Waals surface area contributed by atoms with E-state index >= 15 is 0 Å². The summed E-state index contributed by atoms with van der Waals surface area (Å²) in [5.74, 6) is 1.31. The second-order valence-electron chi connectivity index (χ2n) is 9.51. The zero-order valence-corrected chi connectivity index (χ0v) is 20.1. The quantitative estimate of drug-likeness (QED) is 0.315. The maximum Gasteiger partial charge on any atom is 0.222 e. The van der Waals surface area contributed by atoms with Gasteiger partial charge in [0.15, 0.2) is 0 Å². The highest BCUT2D eigenvalue weighted by atomic mass is 16.5. The highest BCUT2D eigenvalue weighted by Gasteiger charge is 2.22. The molecule has 1 aliphatic heterocycles. The second-order valence-corrected chi connectivity index (χ2v) is 9.51. The predicted octanol–water partition coefficient (Wildman–Crippen LogP) is 6.94. The van der Waals surface area contributed by atoms with Gasteiger partial charge in [0.05, 0.1) is 17.9 Å². The van der Waals surface area contributed by atoms with Gasteiger partial charge in [0.2, 0.25) is 5.88 Å². The van der Waals surface area contributed by atoms with Crippen molar-refractivity contribution in [3.63, 3.8) is 0 Å². The molecule has 4 aromatic rings. The first-order valence-electron chi connectivity index (χ1n) is 12.3. The Balaban J connectivity index is 1.47. The molecular weight excluding hydrogens is 418 g/mol. The number of aromatic amines is 1. The summed E-state index contributed by atoms with van der Waals surface area (Å²) in [6.07, 6.45) is 6.25. The lowest BCUT2D eigenvalue weighted by atomic mass is 9.94. The molecule has 0 fully saturated rings. The number of fused-ring (bicyclic) bond motifs is 1. The molecule has 0 aliphatic carbocycles. The van der Waals surface area contributed by atoms with Crippen molar-refractivity contribution in [2.24, 2.45) is 5.92 Å². The van der Waals surface area contributed by atoms with Crippen LogP contribution in [0.5, 0.6) is 5.88 Å². The van der Waals surface area contributed by atoms with E-state index in [0.717, 1.165) is 49.2 Å². The van der Waals surface area contributed by atoms with Crippen LogP contribution >= 0.6 is 0 Å². The standard InChI is InChI=1S/C30H33N3O/c1-22(2)16-20-34-30-26(12-8-17-31-30)29-28(25-11-6-7-13-27(25)32-29)24-14-18-33(19-15-24)21-23-9-4-3-5-10-23/h3-14,17,22,32H,15-16,18-21H2,1-2H3. The Hall–Kier alpha value is -3.37. The summed E-state index contributed by atoms with van der Waals surface area (Å²) < 4.78 is 6.17. The van der Waals surface area contributed by atoms with E-state index in [1.807, 2.05) is 12.3 Å². The van der Waals surface area contributed by atoms with E-state index in [2.05, 4.69) is 95.5 Å². The van der Waals surface area contributed by atoms with Crippen molar-refractivity contribution in [3.8, 4) is 17.1 Å². The summed E-state index contributed by atoms with van der Waals surface area (Å²) in [5, 5.41) is 1.26. The van der Waals surface area contributed by atoms with Crippen LogP contribution < -0.4 is 4.74 Å². The molecule has 0 spiro atoms. The molecular formula is C30H33N3O. The Bertz CT molecular complexity index is 1270. The fraction of sp³-hybridized carbons (Fsp3) is 0.300. The van der Waals surface area contributed by atoms with Crippen molar-refractivity contribution in [2.75, 3.05) is 19.7 Å². The van der Waals surface area contributed by atoms with E-state index in [-0.39, 0.29) is 0 Å². The van der Waals surface area contributed by atoms with E-state index in [1.54, 1.807) is 0 Å². The number of benzene rings is 2. The third-order valence-electron chi connectivity index (χ3n) is 6.54. The topological polar surface area (TPSA) is 41.1 Å². The summed E-state index contributed by atoms with van der Waals surface area (Å²) in [7, 11) is 0. The molecule has 0 saturated heterocycles. The van der Waals surface area contributed by atoms with Crippen LogP contribution in [0.15, 0.2) is 79.0 Å². The monoisotopic (exact) mass is 451 g/mol. The Morgan fingerprint density at radius 3 is 2.62 bits per heavy atom. The first-order valence-corrected chi connectivity index (χ1v) is 12.3. The number of ether oxygens (including phenoxy) is 1. The van der Waals surface area contributed by atoms with E-state index in [4.69, 9.17) is 4.74 Å². The molecule has 2 aromatic heterocycles. The maximum atomic E-state index is 6.17. The molecule has 0 unspecified atom stereocenters. The normalized spacial score (nSPS) is 14.5. The van der Waals surface area contributed by atoms with Gasteiger partial charge in [0.1, 0.15) is 0 Å². The van der Waals surface area contributed by atoms with Crippen LogP contribution in [0.25, 0.3) is 27.7 Å². The third kappa shape index (κ3) is 4.92. The minimum absolute atomic E-state index is 0.599. The largest absolute Gasteiger partial charge is 0.477 e. The van der Waals surface area contributed by atoms with Crippen molar-refractivity contribution in [2.45, 2.75) is 33.2 Å². The summed E-state index contributed by atoms with van der Waals surface area (Å²) >= 11 is 0. The molecule has 5 rings (SSSR count). The lowest BCUT2D eigenvalue weighted by Crippen LogP contribution is -2.28. The smallest absolute Gasteiger partial charge is 0.222 e. The van der Waals surface area contributed by atoms with E-state index < -0.39 is 0 Å². The highest BCUT2D eigenvalue weighted by Crippen LogP contribution is 2.40. The molecule has 2 aromatic carbocycles. The fourth-order valence-electron chi connectivity index (χ4n) is 4.69. The number of para-hydroxylation sites is 1. The highest BCUT2D eigenvalue weighted by molar-refractivity contribution is 6.00.